The fraction of sp³-hybridized carbons (Fsp3) is 0.389. The molecule has 0 aliphatic heterocycles. The Hall–Kier alpha value is -3.70. The van der Waals surface area contributed by atoms with Gasteiger partial charge in [0, 0.05) is 23.7 Å². The number of rotatable bonds is 12. The zero-order chi connectivity index (χ0) is 29.4. The first-order valence-corrected chi connectivity index (χ1v) is 14.8. The summed E-state index contributed by atoms with van der Waals surface area (Å²) < 4.78 is 14.0. The molecule has 4 aromatic rings. The van der Waals surface area contributed by atoms with Gasteiger partial charge in [-0.25, -0.2) is 4.79 Å². The van der Waals surface area contributed by atoms with Crippen molar-refractivity contribution >= 4 is 5.97 Å². The van der Waals surface area contributed by atoms with Gasteiger partial charge in [-0.2, -0.15) is 5.10 Å². The predicted octanol–water partition coefficient (Wildman–Crippen LogP) is 8.74. The Morgan fingerprint density at radius 1 is 0.878 bits per heavy atom. The Morgan fingerprint density at radius 2 is 1.56 bits per heavy atom. The van der Waals surface area contributed by atoms with Gasteiger partial charge in [-0.3, -0.25) is 4.68 Å². The molecule has 5 nitrogen and oxygen atoms in total. The third kappa shape index (κ3) is 8.17. The third-order valence-corrected chi connectivity index (χ3v) is 7.00. The molecule has 216 valence electrons. The van der Waals surface area contributed by atoms with E-state index < -0.39 is 5.60 Å². The van der Waals surface area contributed by atoms with Crippen LogP contribution < -0.4 is 0 Å². The van der Waals surface area contributed by atoms with Crippen molar-refractivity contribution in [3.8, 4) is 11.1 Å². The molecule has 0 aliphatic carbocycles. The molecule has 0 saturated heterocycles. The lowest BCUT2D eigenvalue weighted by Gasteiger charge is -2.20. The molecular formula is C36H44N2O3. The molecule has 0 amide bonds. The lowest BCUT2D eigenvalue weighted by atomic mass is 9.95. The van der Waals surface area contributed by atoms with E-state index in [1.807, 2.05) is 63.2 Å². The van der Waals surface area contributed by atoms with Crippen LogP contribution in [0.2, 0.25) is 0 Å². The molecule has 0 spiro atoms. The molecule has 0 saturated carbocycles. The van der Waals surface area contributed by atoms with E-state index in [4.69, 9.17) is 14.6 Å². The van der Waals surface area contributed by atoms with Gasteiger partial charge in [-0.05, 0) is 75.8 Å². The number of aromatic nitrogens is 2. The molecule has 41 heavy (non-hydrogen) atoms. The average Bonchev–Trinajstić information content (AvgIpc) is 3.29. The van der Waals surface area contributed by atoms with E-state index in [1.54, 1.807) is 0 Å². The van der Waals surface area contributed by atoms with Crippen molar-refractivity contribution < 1.29 is 14.3 Å². The highest BCUT2D eigenvalue weighted by atomic mass is 16.6. The summed E-state index contributed by atoms with van der Waals surface area (Å²) in [4.78, 5) is 12.9. The number of unbranched alkanes of at least 4 members (excludes halogenated alkanes) is 1. The Morgan fingerprint density at radius 3 is 2.22 bits per heavy atom. The summed E-state index contributed by atoms with van der Waals surface area (Å²) in [6.07, 6.45) is 4.03. The summed E-state index contributed by atoms with van der Waals surface area (Å²) in [5.74, 6) is -0.306. The van der Waals surface area contributed by atoms with Crippen molar-refractivity contribution in [3.05, 3.63) is 113 Å². The fourth-order valence-corrected chi connectivity index (χ4v) is 5.00. The first-order chi connectivity index (χ1) is 19.7. The summed E-state index contributed by atoms with van der Waals surface area (Å²) in [6.45, 7) is 13.3. The van der Waals surface area contributed by atoms with Crippen LogP contribution in [-0.2, 0) is 35.5 Å². The van der Waals surface area contributed by atoms with E-state index in [0.29, 0.717) is 18.8 Å². The SMILES string of the molecule is CCCCc1c(Cc2ccc(-c3ccccc3C(=O)OC(C)(C)C)cc2)c(COCc2ccccc2)nn1C(C)C. The minimum absolute atomic E-state index is 0.273. The molecule has 3 aromatic carbocycles. The van der Waals surface area contributed by atoms with Crippen LogP contribution in [0.3, 0.4) is 0 Å². The summed E-state index contributed by atoms with van der Waals surface area (Å²) in [6, 6.07) is 26.7. The quantitative estimate of drug-likeness (QED) is 0.165. The maximum absolute atomic E-state index is 12.9. The van der Waals surface area contributed by atoms with Crippen LogP contribution >= 0.6 is 0 Å². The normalized spacial score (nSPS) is 11.7. The smallest absolute Gasteiger partial charge is 0.339 e. The van der Waals surface area contributed by atoms with Crippen molar-refractivity contribution in [1.82, 2.24) is 9.78 Å². The molecule has 5 heteroatoms. The molecule has 0 fully saturated rings. The second-order valence-electron chi connectivity index (χ2n) is 11.9. The first-order valence-electron chi connectivity index (χ1n) is 14.8. The van der Waals surface area contributed by atoms with Gasteiger partial charge in [0.25, 0.3) is 0 Å². The van der Waals surface area contributed by atoms with E-state index in [1.165, 1.54) is 16.8 Å². The van der Waals surface area contributed by atoms with E-state index in [2.05, 4.69) is 61.9 Å². The van der Waals surface area contributed by atoms with Gasteiger partial charge in [-0.15, -0.1) is 0 Å². The Kier molecular flexibility index (Phi) is 10.2. The summed E-state index contributed by atoms with van der Waals surface area (Å²) >= 11 is 0. The molecule has 0 atom stereocenters. The maximum atomic E-state index is 12.9. The van der Waals surface area contributed by atoms with Crippen LogP contribution in [0, 0.1) is 0 Å². The van der Waals surface area contributed by atoms with Gasteiger partial charge in [0.05, 0.1) is 24.5 Å². The number of carbonyl (C=O) groups excluding carboxylic acids is 1. The van der Waals surface area contributed by atoms with Crippen molar-refractivity contribution in [2.45, 2.75) is 92.1 Å². The molecule has 1 aromatic heterocycles. The first kappa shape index (κ1) is 30.3. The van der Waals surface area contributed by atoms with Crippen molar-refractivity contribution in [1.29, 1.82) is 0 Å². The van der Waals surface area contributed by atoms with Gasteiger partial charge < -0.3 is 9.47 Å². The van der Waals surface area contributed by atoms with E-state index in [-0.39, 0.29) is 12.0 Å². The van der Waals surface area contributed by atoms with Crippen molar-refractivity contribution in [3.63, 3.8) is 0 Å². The molecular weight excluding hydrogens is 508 g/mol. The highest BCUT2D eigenvalue weighted by Gasteiger charge is 2.22. The number of hydrogen-bond donors (Lipinski definition) is 0. The summed E-state index contributed by atoms with van der Waals surface area (Å²) in [5, 5.41) is 5.06. The second-order valence-corrected chi connectivity index (χ2v) is 11.9. The third-order valence-electron chi connectivity index (χ3n) is 7.00. The lowest BCUT2D eigenvalue weighted by molar-refractivity contribution is 0.00704. The number of hydrogen-bond acceptors (Lipinski definition) is 4. The van der Waals surface area contributed by atoms with Gasteiger partial charge in [-0.1, -0.05) is 86.1 Å². The molecule has 0 radical (unpaired) electrons. The minimum atomic E-state index is -0.549. The molecule has 0 aliphatic rings. The zero-order valence-corrected chi connectivity index (χ0v) is 25.4. The maximum Gasteiger partial charge on any atom is 0.339 e. The average molecular weight is 553 g/mol. The van der Waals surface area contributed by atoms with Crippen molar-refractivity contribution in [2.75, 3.05) is 0 Å². The standard InChI is InChI=1S/C36H44N2O3/c1-7-8-18-34-32(33(37-38(34)26(2)3)25-40-24-28-14-10-9-11-15-28)23-27-19-21-29(22-20-27)30-16-12-13-17-31(30)35(39)41-36(4,5)6/h9-17,19-22,26H,7-8,18,23-25H2,1-6H3. The van der Waals surface area contributed by atoms with Gasteiger partial charge in [0.2, 0.25) is 0 Å². The highest BCUT2D eigenvalue weighted by Crippen LogP contribution is 2.29. The molecule has 0 unspecified atom stereocenters. The lowest BCUT2D eigenvalue weighted by Crippen LogP contribution is -2.24. The van der Waals surface area contributed by atoms with Gasteiger partial charge >= 0.3 is 5.97 Å². The zero-order valence-electron chi connectivity index (χ0n) is 25.4. The van der Waals surface area contributed by atoms with Crippen LogP contribution in [0.25, 0.3) is 11.1 Å². The van der Waals surface area contributed by atoms with Crippen LogP contribution in [-0.4, -0.2) is 21.4 Å². The monoisotopic (exact) mass is 552 g/mol. The highest BCUT2D eigenvalue weighted by molar-refractivity contribution is 5.97. The number of carbonyl (C=O) groups is 1. The Balaban J connectivity index is 1.60. The summed E-state index contributed by atoms with van der Waals surface area (Å²) in [7, 11) is 0. The second kappa shape index (κ2) is 13.8. The molecule has 0 N–H and O–H groups in total. The summed E-state index contributed by atoms with van der Waals surface area (Å²) in [5.41, 5.74) is 7.84. The largest absolute Gasteiger partial charge is 0.456 e. The van der Waals surface area contributed by atoms with Gasteiger partial charge in [0.15, 0.2) is 0 Å². The Labute approximate surface area is 245 Å². The van der Waals surface area contributed by atoms with E-state index >= 15 is 0 Å². The molecule has 0 bridgehead atoms. The molecule has 1 heterocycles. The topological polar surface area (TPSA) is 53.4 Å². The Bertz CT molecular complexity index is 1410. The number of nitrogens with zero attached hydrogens (tertiary/aromatic N) is 2. The fourth-order valence-electron chi connectivity index (χ4n) is 5.00. The van der Waals surface area contributed by atoms with Crippen LogP contribution in [0.5, 0.6) is 0 Å². The predicted molar refractivity (Wildman–Crippen MR) is 166 cm³/mol. The van der Waals surface area contributed by atoms with Gasteiger partial charge in [0.1, 0.15) is 5.60 Å². The number of esters is 1. The van der Waals surface area contributed by atoms with E-state index in [0.717, 1.165) is 48.1 Å². The van der Waals surface area contributed by atoms with Crippen LogP contribution in [0.1, 0.15) is 98.9 Å². The van der Waals surface area contributed by atoms with Crippen LogP contribution in [0.15, 0.2) is 78.9 Å². The molecule has 4 rings (SSSR count). The van der Waals surface area contributed by atoms with Crippen LogP contribution in [0.4, 0.5) is 0 Å². The number of benzene rings is 3. The minimum Gasteiger partial charge on any atom is -0.456 e. The van der Waals surface area contributed by atoms with Crippen molar-refractivity contribution in [2.24, 2.45) is 0 Å². The van der Waals surface area contributed by atoms with E-state index in [9.17, 15) is 4.79 Å². The number of ether oxygens (including phenoxy) is 2.